The molecule has 124 valence electrons. The van der Waals surface area contributed by atoms with E-state index in [2.05, 4.69) is 24.5 Å². The van der Waals surface area contributed by atoms with E-state index in [0.717, 1.165) is 0 Å². The Hall–Kier alpha value is -2.04. The minimum Gasteiger partial charge on any atom is -0.444 e. The number of ether oxygens (including phenoxy) is 1. The summed E-state index contributed by atoms with van der Waals surface area (Å²) in [6, 6.07) is 6.78. The van der Waals surface area contributed by atoms with Gasteiger partial charge < -0.3 is 10.1 Å². The number of carbonyl (C=O) groups is 2. The van der Waals surface area contributed by atoms with Crippen LogP contribution >= 0.6 is 0 Å². The van der Waals surface area contributed by atoms with Crippen molar-refractivity contribution in [3.8, 4) is 0 Å². The predicted octanol–water partition coefficient (Wildman–Crippen LogP) is 4.80. The number of benzene rings is 1. The zero-order valence-electron chi connectivity index (χ0n) is 14.4. The average Bonchev–Trinajstić information content (AvgIpc) is 2.38. The highest BCUT2D eigenvalue weighted by atomic mass is 16.6. The van der Waals surface area contributed by atoms with Crippen molar-refractivity contribution in [1.29, 1.82) is 0 Å². The summed E-state index contributed by atoms with van der Waals surface area (Å²) >= 11 is 0. The van der Waals surface area contributed by atoms with Gasteiger partial charge in [-0.1, -0.05) is 26.7 Å². The summed E-state index contributed by atoms with van der Waals surface area (Å²) < 4.78 is 5.12. The molecular weight excluding hydrogens is 280 g/mol. The molecule has 0 unspecified atom stereocenters. The van der Waals surface area contributed by atoms with Crippen LogP contribution in [0.3, 0.4) is 0 Å². The van der Waals surface area contributed by atoms with Crippen molar-refractivity contribution in [1.82, 2.24) is 0 Å². The van der Waals surface area contributed by atoms with Crippen molar-refractivity contribution in [2.45, 2.75) is 60.0 Å². The maximum atomic E-state index is 11.5. The Bertz CT molecular complexity index is 460. The van der Waals surface area contributed by atoms with Crippen LogP contribution in [-0.4, -0.2) is 17.6 Å². The van der Waals surface area contributed by atoms with Crippen LogP contribution in [0.25, 0.3) is 0 Å². The van der Waals surface area contributed by atoms with Gasteiger partial charge in [0.2, 0.25) is 5.91 Å². The van der Waals surface area contributed by atoms with E-state index in [9.17, 15) is 9.59 Å². The second-order valence-electron chi connectivity index (χ2n) is 5.89. The topological polar surface area (TPSA) is 67.4 Å². The molecular formula is C17H28N2O3. The third-order valence-corrected chi connectivity index (χ3v) is 2.35. The molecule has 0 aliphatic heterocycles. The van der Waals surface area contributed by atoms with Gasteiger partial charge in [0.15, 0.2) is 0 Å². The van der Waals surface area contributed by atoms with E-state index in [-0.39, 0.29) is 5.91 Å². The first-order valence-electron chi connectivity index (χ1n) is 7.55. The fourth-order valence-electron chi connectivity index (χ4n) is 1.26. The van der Waals surface area contributed by atoms with E-state index in [4.69, 9.17) is 4.74 Å². The lowest BCUT2D eigenvalue weighted by atomic mass is 10.2. The number of rotatable bonds is 3. The molecule has 1 aromatic rings. The summed E-state index contributed by atoms with van der Waals surface area (Å²) in [5.74, 6) is -0.136. The molecule has 2 N–H and O–H groups in total. The summed E-state index contributed by atoms with van der Waals surface area (Å²) in [5.41, 5.74) is 0.760. The fourth-order valence-corrected chi connectivity index (χ4v) is 1.26. The normalized spacial score (nSPS) is 10.1. The highest BCUT2D eigenvalue weighted by Crippen LogP contribution is 2.15. The van der Waals surface area contributed by atoms with Gasteiger partial charge in [0.05, 0.1) is 0 Å². The van der Waals surface area contributed by atoms with Crippen molar-refractivity contribution >= 4 is 23.4 Å². The molecule has 5 heteroatoms. The van der Waals surface area contributed by atoms with Gasteiger partial charge >= 0.3 is 6.09 Å². The Morgan fingerprint density at radius 1 is 0.955 bits per heavy atom. The molecule has 0 radical (unpaired) electrons. The molecule has 0 aliphatic rings. The third kappa shape index (κ3) is 10.7. The molecule has 0 saturated carbocycles. The Morgan fingerprint density at radius 3 is 1.68 bits per heavy atom. The predicted molar refractivity (Wildman–Crippen MR) is 91.2 cm³/mol. The zero-order chi connectivity index (χ0) is 17.2. The number of unbranched alkanes of at least 4 members (excludes halogenated alkanes) is 1. The Morgan fingerprint density at radius 2 is 1.36 bits per heavy atom. The summed E-state index contributed by atoms with van der Waals surface area (Å²) in [4.78, 5) is 22.3. The molecule has 1 aromatic carbocycles. The third-order valence-electron chi connectivity index (χ3n) is 2.35. The maximum absolute atomic E-state index is 11.5. The molecule has 0 aliphatic carbocycles. The van der Waals surface area contributed by atoms with Crippen molar-refractivity contribution in [2.75, 3.05) is 10.6 Å². The highest BCUT2D eigenvalue weighted by Gasteiger charge is 2.15. The van der Waals surface area contributed by atoms with Gasteiger partial charge in [-0.2, -0.15) is 0 Å². The van der Waals surface area contributed by atoms with E-state index < -0.39 is 11.7 Å². The molecule has 0 fully saturated rings. The van der Waals surface area contributed by atoms with Gasteiger partial charge in [0.25, 0.3) is 0 Å². The zero-order valence-corrected chi connectivity index (χ0v) is 14.4. The Labute approximate surface area is 133 Å². The molecule has 0 heterocycles. The molecule has 2 amide bonds. The molecule has 0 saturated heterocycles. The van der Waals surface area contributed by atoms with Gasteiger partial charge in [-0.25, -0.2) is 4.79 Å². The van der Waals surface area contributed by atoms with Crippen LogP contribution in [0, 0.1) is 0 Å². The lowest BCUT2D eigenvalue weighted by molar-refractivity contribution is -0.114. The molecule has 1 rings (SSSR count). The number of nitrogens with one attached hydrogen (secondary N) is 2. The van der Waals surface area contributed by atoms with Crippen molar-refractivity contribution in [2.24, 2.45) is 0 Å². The maximum Gasteiger partial charge on any atom is 0.412 e. The Kier molecular flexibility index (Phi) is 8.91. The monoisotopic (exact) mass is 308 g/mol. The number of amides is 2. The van der Waals surface area contributed by atoms with Crippen LogP contribution in [0.4, 0.5) is 16.2 Å². The first kappa shape index (κ1) is 20.0. The first-order chi connectivity index (χ1) is 10.2. The molecule has 0 atom stereocenters. The van der Waals surface area contributed by atoms with Crippen LogP contribution in [-0.2, 0) is 9.53 Å². The van der Waals surface area contributed by atoms with E-state index >= 15 is 0 Å². The minimum atomic E-state index is -0.528. The van der Waals surface area contributed by atoms with Crippen LogP contribution < -0.4 is 10.6 Å². The van der Waals surface area contributed by atoms with E-state index in [1.54, 1.807) is 45.0 Å². The van der Waals surface area contributed by atoms with Crippen LogP contribution in [0.15, 0.2) is 24.3 Å². The Balaban J connectivity index is 0.000000980. The molecule has 0 aromatic heterocycles. The number of hydrogen-bond acceptors (Lipinski definition) is 3. The highest BCUT2D eigenvalue weighted by molar-refractivity contribution is 5.89. The van der Waals surface area contributed by atoms with Crippen molar-refractivity contribution in [3.63, 3.8) is 0 Å². The lowest BCUT2D eigenvalue weighted by Gasteiger charge is -2.19. The largest absolute Gasteiger partial charge is 0.444 e. The van der Waals surface area contributed by atoms with Gasteiger partial charge in [-0.3, -0.25) is 10.1 Å². The number of carbonyl (C=O) groups excluding carboxylic acids is 2. The first-order valence-corrected chi connectivity index (χ1v) is 7.55. The van der Waals surface area contributed by atoms with Crippen LogP contribution in [0.2, 0.25) is 0 Å². The molecule has 22 heavy (non-hydrogen) atoms. The van der Waals surface area contributed by atoms with Gasteiger partial charge in [-0.15, -0.1) is 0 Å². The fraction of sp³-hybridized carbons (Fsp3) is 0.529. The smallest absolute Gasteiger partial charge is 0.412 e. The van der Waals surface area contributed by atoms with E-state index in [0.29, 0.717) is 11.4 Å². The van der Waals surface area contributed by atoms with Crippen molar-refractivity contribution in [3.05, 3.63) is 24.3 Å². The quantitative estimate of drug-likeness (QED) is 0.843. The van der Waals surface area contributed by atoms with Gasteiger partial charge in [-0.05, 0) is 45.0 Å². The molecule has 5 nitrogen and oxygen atoms in total. The second-order valence-corrected chi connectivity index (χ2v) is 5.89. The second kappa shape index (κ2) is 9.82. The van der Waals surface area contributed by atoms with E-state index in [1.807, 2.05) is 0 Å². The lowest BCUT2D eigenvalue weighted by Crippen LogP contribution is -2.27. The number of anilines is 2. The van der Waals surface area contributed by atoms with Gasteiger partial charge in [0, 0.05) is 18.3 Å². The molecule has 0 spiro atoms. The summed E-state index contributed by atoms with van der Waals surface area (Å²) in [7, 11) is 0. The average molecular weight is 308 g/mol. The van der Waals surface area contributed by atoms with E-state index in [1.165, 1.54) is 19.8 Å². The number of hydrogen-bond donors (Lipinski definition) is 2. The van der Waals surface area contributed by atoms with Crippen LogP contribution in [0.1, 0.15) is 54.4 Å². The SMILES string of the molecule is CC(=O)Nc1ccc(NC(=O)OC(C)(C)C)cc1.CCCC. The van der Waals surface area contributed by atoms with Gasteiger partial charge in [0.1, 0.15) is 5.60 Å². The molecule has 0 bridgehead atoms. The summed E-state index contributed by atoms with van der Waals surface area (Å²) in [6.45, 7) is 11.2. The summed E-state index contributed by atoms with van der Waals surface area (Å²) in [5, 5.41) is 5.25. The standard InChI is InChI=1S/C13H18N2O3.C4H10/c1-9(16)14-10-5-7-11(8-6-10)15-12(17)18-13(2,3)4;1-3-4-2/h5-8H,1-4H3,(H,14,16)(H,15,17);3-4H2,1-2H3. The summed E-state index contributed by atoms with van der Waals surface area (Å²) in [6.07, 6.45) is 2.13. The minimum absolute atomic E-state index is 0.136. The van der Waals surface area contributed by atoms with Crippen LogP contribution in [0.5, 0.6) is 0 Å². The van der Waals surface area contributed by atoms with Crippen molar-refractivity contribution < 1.29 is 14.3 Å².